The molecule has 0 saturated heterocycles. The van der Waals surface area contributed by atoms with Crippen LogP contribution in [0.25, 0.3) is 0 Å². The van der Waals surface area contributed by atoms with E-state index >= 15 is 0 Å². The first-order chi connectivity index (χ1) is 10.8. The Morgan fingerprint density at radius 3 is 2.73 bits per heavy atom. The fraction of sp³-hybridized carbons (Fsp3) is 0.333. The van der Waals surface area contributed by atoms with E-state index in [1.807, 2.05) is 23.1 Å². The number of carbonyl (C=O) groups excluding carboxylic acids is 1. The molecule has 1 aromatic carbocycles. The van der Waals surface area contributed by atoms with Crippen LogP contribution in [0.4, 0.5) is 5.82 Å². The highest BCUT2D eigenvalue weighted by molar-refractivity contribution is 5.92. The Kier molecular flexibility index (Phi) is 3.29. The number of carbonyl (C=O) groups is 1. The van der Waals surface area contributed by atoms with Gasteiger partial charge in [-0.15, -0.1) is 0 Å². The highest BCUT2D eigenvalue weighted by Crippen LogP contribution is 2.24. The van der Waals surface area contributed by atoms with Crippen LogP contribution in [0.3, 0.4) is 0 Å². The first kappa shape index (κ1) is 13.3. The van der Waals surface area contributed by atoms with Gasteiger partial charge in [-0.2, -0.15) is 0 Å². The van der Waals surface area contributed by atoms with Crippen LogP contribution in [0.15, 0.2) is 42.5 Å². The maximum atomic E-state index is 12.7. The van der Waals surface area contributed by atoms with Crippen molar-refractivity contribution in [3.8, 4) is 0 Å². The van der Waals surface area contributed by atoms with Crippen LogP contribution in [0, 0.1) is 0 Å². The molecule has 4 heteroatoms. The number of nitrogens with zero attached hydrogens (tertiary/aromatic N) is 2. The minimum absolute atomic E-state index is 0.0222. The lowest BCUT2D eigenvalue weighted by Gasteiger charge is -2.28. The summed E-state index contributed by atoms with van der Waals surface area (Å²) in [5, 5.41) is 3.35. The van der Waals surface area contributed by atoms with Gasteiger partial charge in [-0.1, -0.05) is 30.3 Å². The monoisotopic (exact) mass is 293 g/mol. The number of fused-ring (bicyclic) bond motifs is 1. The van der Waals surface area contributed by atoms with Gasteiger partial charge in [-0.05, 0) is 42.5 Å². The maximum Gasteiger partial charge on any atom is 0.272 e. The molecule has 1 N–H and O–H groups in total. The largest absolute Gasteiger partial charge is 0.367 e. The van der Waals surface area contributed by atoms with E-state index in [-0.39, 0.29) is 5.91 Å². The molecule has 4 rings (SSSR count). The van der Waals surface area contributed by atoms with Gasteiger partial charge in [0.2, 0.25) is 0 Å². The summed E-state index contributed by atoms with van der Waals surface area (Å²) >= 11 is 0. The summed E-state index contributed by atoms with van der Waals surface area (Å²) in [6, 6.07) is 14.5. The van der Waals surface area contributed by atoms with Crippen molar-refractivity contribution in [1.82, 2.24) is 9.88 Å². The summed E-state index contributed by atoms with van der Waals surface area (Å²) in [5.41, 5.74) is 3.13. The summed E-state index contributed by atoms with van der Waals surface area (Å²) in [6.07, 6.45) is 3.31. The molecular formula is C18H19N3O. The number of rotatable bonds is 3. The second kappa shape index (κ2) is 5.44. The molecule has 0 bridgehead atoms. The molecule has 112 valence electrons. The van der Waals surface area contributed by atoms with Crippen molar-refractivity contribution in [1.29, 1.82) is 0 Å². The van der Waals surface area contributed by atoms with Crippen LogP contribution in [0.5, 0.6) is 0 Å². The van der Waals surface area contributed by atoms with Crippen LogP contribution in [-0.2, 0) is 13.0 Å². The molecule has 1 aliphatic heterocycles. The number of amides is 1. The average Bonchev–Trinajstić information content (AvgIpc) is 3.38. The van der Waals surface area contributed by atoms with E-state index in [0.717, 1.165) is 18.8 Å². The van der Waals surface area contributed by atoms with E-state index in [1.165, 1.54) is 24.0 Å². The first-order valence-corrected chi connectivity index (χ1v) is 7.89. The van der Waals surface area contributed by atoms with Crippen molar-refractivity contribution in [2.24, 2.45) is 0 Å². The summed E-state index contributed by atoms with van der Waals surface area (Å²) in [4.78, 5) is 19.1. The molecule has 1 fully saturated rings. The quantitative estimate of drug-likeness (QED) is 0.946. The van der Waals surface area contributed by atoms with Gasteiger partial charge in [0.05, 0.1) is 0 Å². The summed E-state index contributed by atoms with van der Waals surface area (Å²) in [5.74, 6) is 0.833. The standard InChI is InChI=1S/C18H19N3O/c22-18(16-6-3-7-17(20-16)19-15-8-9-15)21-11-10-13-4-1-2-5-14(13)12-21/h1-7,15H,8-12H2,(H,19,20). The SMILES string of the molecule is O=C(c1cccc(NC2CC2)n1)N1CCc2ccccc2C1. The van der Waals surface area contributed by atoms with Gasteiger partial charge in [0.25, 0.3) is 5.91 Å². The van der Waals surface area contributed by atoms with E-state index in [1.54, 1.807) is 6.07 Å². The number of pyridine rings is 1. The zero-order valence-corrected chi connectivity index (χ0v) is 12.5. The highest BCUT2D eigenvalue weighted by Gasteiger charge is 2.24. The zero-order valence-electron chi connectivity index (χ0n) is 12.5. The number of hydrogen-bond donors (Lipinski definition) is 1. The van der Waals surface area contributed by atoms with E-state index in [2.05, 4.69) is 28.5 Å². The molecule has 0 unspecified atom stereocenters. The third kappa shape index (κ3) is 2.69. The van der Waals surface area contributed by atoms with E-state index < -0.39 is 0 Å². The maximum absolute atomic E-state index is 12.7. The van der Waals surface area contributed by atoms with Crippen molar-refractivity contribution in [3.05, 3.63) is 59.3 Å². The molecule has 4 nitrogen and oxygen atoms in total. The molecule has 1 saturated carbocycles. The molecule has 0 radical (unpaired) electrons. The fourth-order valence-corrected chi connectivity index (χ4v) is 2.90. The molecule has 2 aliphatic rings. The summed E-state index contributed by atoms with van der Waals surface area (Å²) < 4.78 is 0. The molecule has 22 heavy (non-hydrogen) atoms. The van der Waals surface area contributed by atoms with Gasteiger partial charge < -0.3 is 10.2 Å². The Balaban J connectivity index is 1.52. The lowest BCUT2D eigenvalue weighted by Crippen LogP contribution is -2.36. The second-order valence-corrected chi connectivity index (χ2v) is 6.07. The summed E-state index contributed by atoms with van der Waals surface area (Å²) in [6.45, 7) is 1.44. The molecule has 2 aromatic rings. The number of nitrogens with one attached hydrogen (secondary N) is 1. The third-order valence-electron chi connectivity index (χ3n) is 4.32. The zero-order chi connectivity index (χ0) is 14.9. The van der Waals surface area contributed by atoms with Gasteiger partial charge in [-0.3, -0.25) is 4.79 Å². The Morgan fingerprint density at radius 2 is 1.91 bits per heavy atom. The fourth-order valence-electron chi connectivity index (χ4n) is 2.90. The van der Waals surface area contributed by atoms with Crippen molar-refractivity contribution in [2.75, 3.05) is 11.9 Å². The highest BCUT2D eigenvalue weighted by atomic mass is 16.2. The Labute approximate surface area is 130 Å². The van der Waals surface area contributed by atoms with Gasteiger partial charge in [0.1, 0.15) is 11.5 Å². The van der Waals surface area contributed by atoms with Crippen LogP contribution in [0.1, 0.15) is 34.5 Å². The first-order valence-electron chi connectivity index (χ1n) is 7.89. The van der Waals surface area contributed by atoms with Crippen molar-refractivity contribution in [2.45, 2.75) is 31.8 Å². The van der Waals surface area contributed by atoms with Crippen LogP contribution >= 0.6 is 0 Å². The number of benzene rings is 1. The van der Waals surface area contributed by atoms with Gasteiger partial charge >= 0.3 is 0 Å². The average molecular weight is 293 g/mol. The molecule has 1 amide bonds. The Bertz CT molecular complexity index is 709. The van der Waals surface area contributed by atoms with Crippen LogP contribution in [-0.4, -0.2) is 28.4 Å². The van der Waals surface area contributed by atoms with Crippen LogP contribution in [0.2, 0.25) is 0 Å². The molecule has 0 atom stereocenters. The normalized spacial score (nSPS) is 17.0. The van der Waals surface area contributed by atoms with E-state index in [0.29, 0.717) is 18.3 Å². The lowest BCUT2D eigenvalue weighted by atomic mass is 10.00. The predicted molar refractivity (Wildman–Crippen MR) is 85.8 cm³/mol. The molecular weight excluding hydrogens is 274 g/mol. The summed E-state index contributed by atoms with van der Waals surface area (Å²) in [7, 11) is 0. The molecule has 0 spiro atoms. The third-order valence-corrected chi connectivity index (χ3v) is 4.32. The van der Waals surface area contributed by atoms with Crippen molar-refractivity contribution < 1.29 is 4.79 Å². The lowest BCUT2D eigenvalue weighted by molar-refractivity contribution is 0.0729. The number of anilines is 1. The Morgan fingerprint density at radius 1 is 1.09 bits per heavy atom. The van der Waals surface area contributed by atoms with Gasteiger partial charge in [0.15, 0.2) is 0 Å². The van der Waals surface area contributed by atoms with E-state index in [9.17, 15) is 4.79 Å². The second-order valence-electron chi connectivity index (χ2n) is 6.07. The van der Waals surface area contributed by atoms with Gasteiger partial charge in [0, 0.05) is 19.1 Å². The molecule has 1 aliphatic carbocycles. The minimum Gasteiger partial charge on any atom is -0.367 e. The molecule has 2 heterocycles. The van der Waals surface area contributed by atoms with Crippen LogP contribution < -0.4 is 5.32 Å². The van der Waals surface area contributed by atoms with Gasteiger partial charge in [-0.25, -0.2) is 4.98 Å². The van der Waals surface area contributed by atoms with Crippen molar-refractivity contribution >= 4 is 11.7 Å². The number of aromatic nitrogens is 1. The minimum atomic E-state index is 0.0222. The smallest absolute Gasteiger partial charge is 0.272 e. The molecule has 1 aromatic heterocycles. The number of hydrogen-bond acceptors (Lipinski definition) is 3. The predicted octanol–water partition coefficient (Wildman–Crippen LogP) is 2.85. The van der Waals surface area contributed by atoms with E-state index in [4.69, 9.17) is 0 Å². The topological polar surface area (TPSA) is 45.2 Å². The Hall–Kier alpha value is -2.36. The van der Waals surface area contributed by atoms with Crippen molar-refractivity contribution in [3.63, 3.8) is 0 Å².